The molecule has 3 aromatic rings. The van der Waals surface area contributed by atoms with Crippen molar-refractivity contribution in [3.05, 3.63) is 75.7 Å². The Morgan fingerprint density at radius 3 is 2.62 bits per heavy atom. The number of carboxylic acid groups (broad SMARTS) is 1. The number of hydrogen-bond donors (Lipinski definition) is 2. The van der Waals surface area contributed by atoms with Gasteiger partial charge in [0.1, 0.15) is 36.4 Å². The van der Waals surface area contributed by atoms with Gasteiger partial charge in [-0.25, -0.2) is 9.59 Å². The molecule has 7 nitrogen and oxygen atoms in total. The van der Waals surface area contributed by atoms with Crippen LogP contribution in [0.2, 0.25) is 0 Å². The van der Waals surface area contributed by atoms with Crippen LogP contribution >= 0.6 is 0 Å². The van der Waals surface area contributed by atoms with Crippen LogP contribution in [-0.2, 0) is 17.6 Å². The Labute approximate surface area is 184 Å². The van der Waals surface area contributed by atoms with Crippen LogP contribution in [0.3, 0.4) is 0 Å². The number of fused-ring (bicyclic) bond motifs is 3. The van der Waals surface area contributed by atoms with Gasteiger partial charge in [-0.3, -0.25) is 0 Å². The molecular formula is C25H24O7. The van der Waals surface area contributed by atoms with Crippen molar-refractivity contribution < 1.29 is 28.9 Å². The molecule has 32 heavy (non-hydrogen) atoms. The summed E-state index contributed by atoms with van der Waals surface area (Å²) in [4.78, 5) is 22.9. The number of aliphatic hydroxyl groups excluding tert-OH is 1. The molecule has 0 bridgehead atoms. The standard InChI is InChI=1S/C25H24O7/c26-17(14-30-18-6-3-5-16(13-18)11-12-23(27)28)15-31-21-9-4-10-22-24(21)19-7-1-2-8-20(19)25(29)32-22/h3-6,9-13,17,26H,1-2,7-8,14-15H2,(H,27,28)/b12-11+. The fourth-order valence-corrected chi connectivity index (χ4v) is 3.88. The molecule has 0 aliphatic heterocycles. The molecule has 1 aliphatic rings. The maximum atomic E-state index is 12.3. The first-order valence-electron chi connectivity index (χ1n) is 10.5. The van der Waals surface area contributed by atoms with Crippen LogP contribution in [-0.4, -0.2) is 35.5 Å². The lowest BCUT2D eigenvalue weighted by molar-refractivity contribution is -0.131. The first kappa shape index (κ1) is 21.6. The van der Waals surface area contributed by atoms with E-state index in [-0.39, 0.29) is 18.8 Å². The molecule has 1 aromatic heterocycles. The van der Waals surface area contributed by atoms with Gasteiger partial charge < -0.3 is 24.1 Å². The third-order valence-corrected chi connectivity index (χ3v) is 5.36. The van der Waals surface area contributed by atoms with Gasteiger partial charge in [-0.1, -0.05) is 18.2 Å². The van der Waals surface area contributed by atoms with E-state index in [1.165, 1.54) is 6.08 Å². The zero-order chi connectivity index (χ0) is 22.5. The second-order valence-corrected chi connectivity index (χ2v) is 7.70. The number of hydrogen-bond acceptors (Lipinski definition) is 6. The topological polar surface area (TPSA) is 106 Å². The normalized spacial score (nSPS) is 14.3. The summed E-state index contributed by atoms with van der Waals surface area (Å²) in [5.41, 5.74) is 2.59. The van der Waals surface area contributed by atoms with E-state index in [1.807, 2.05) is 6.07 Å². The van der Waals surface area contributed by atoms with E-state index in [0.29, 0.717) is 29.1 Å². The zero-order valence-corrected chi connectivity index (χ0v) is 17.5. The lowest BCUT2D eigenvalue weighted by Gasteiger charge is -2.19. The minimum atomic E-state index is -1.03. The number of carboxylic acids is 1. The summed E-state index contributed by atoms with van der Waals surface area (Å²) in [6.07, 6.45) is 5.11. The molecule has 7 heteroatoms. The van der Waals surface area contributed by atoms with Crippen LogP contribution in [0.4, 0.5) is 0 Å². The molecule has 1 aliphatic carbocycles. The largest absolute Gasteiger partial charge is 0.491 e. The summed E-state index contributed by atoms with van der Waals surface area (Å²) in [5.74, 6) is 0.0553. The summed E-state index contributed by atoms with van der Waals surface area (Å²) >= 11 is 0. The van der Waals surface area contributed by atoms with Crippen molar-refractivity contribution in [3.63, 3.8) is 0 Å². The molecule has 1 unspecified atom stereocenters. The lowest BCUT2D eigenvalue weighted by atomic mass is 9.90. The van der Waals surface area contributed by atoms with E-state index in [1.54, 1.807) is 36.4 Å². The molecule has 1 heterocycles. The average molecular weight is 436 g/mol. The van der Waals surface area contributed by atoms with E-state index >= 15 is 0 Å². The third kappa shape index (κ3) is 5.00. The third-order valence-electron chi connectivity index (χ3n) is 5.36. The van der Waals surface area contributed by atoms with Gasteiger partial charge in [0, 0.05) is 11.6 Å². The molecule has 0 spiro atoms. The monoisotopic (exact) mass is 436 g/mol. The van der Waals surface area contributed by atoms with Crippen LogP contribution in [0.15, 0.2) is 57.8 Å². The number of rotatable bonds is 8. The minimum Gasteiger partial charge on any atom is -0.491 e. The highest BCUT2D eigenvalue weighted by atomic mass is 16.5. The SMILES string of the molecule is O=C(O)/C=C/c1cccc(OCC(O)COc2cccc3oc(=O)c4c(c23)CCCC4)c1. The highest BCUT2D eigenvalue weighted by Gasteiger charge is 2.21. The Hall–Kier alpha value is -3.58. The Morgan fingerprint density at radius 1 is 1.06 bits per heavy atom. The molecule has 0 saturated carbocycles. The average Bonchev–Trinajstić information content (AvgIpc) is 2.80. The van der Waals surface area contributed by atoms with Crippen LogP contribution in [0, 0.1) is 0 Å². The van der Waals surface area contributed by atoms with E-state index in [0.717, 1.165) is 41.9 Å². The smallest absolute Gasteiger partial charge is 0.339 e. The predicted octanol–water partition coefficient (Wildman–Crippen LogP) is 3.59. The predicted molar refractivity (Wildman–Crippen MR) is 119 cm³/mol. The number of aliphatic carboxylic acids is 1. The maximum Gasteiger partial charge on any atom is 0.339 e. The van der Waals surface area contributed by atoms with Crippen molar-refractivity contribution >= 4 is 23.0 Å². The Morgan fingerprint density at radius 2 is 1.81 bits per heavy atom. The Bertz CT molecular complexity index is 1210. The summed E-state index contributed by atoms with van der Waals surface area (Å²) in [6, 6.07) is 12.2. The van der Waals surface area contributed by atoms with Gasteiger partial charge in [-0.05, 0) is 67.2 Å². The first-order chi connectivity index (χ1) is 15.5. The minimum absolute atomic E-state index is 0.00402. The van der Waals surface area contributed by atoms with Gasteiger partial charge in [0.05, 0.1) is 5.39 Å². The van der Waals surface area contributed by atoms with Crippen LogP contribution in [0.1, 0.15) is 29.5 Å². The summed E-state index contributed by atoms with van der Waals surface area (Å²) in [6.45, 7) is 0.00960. The second kappa shape index (κ2) is 9.70. The van der Waals surface area contributed by atoms with Gasteiger partial charge in [0.15, 0.2) is 0 Å². The number of ether oxygens (including phenoxy) is 2. The second-order valence-electron chi connectivity index (χ2n) is 7.70. The highest BCUT2D eigenvalue weighted by molar-refractivity contribution is 5.88. The summed E-state index contributed by atoms with van der Waals surface area (Å²) in [7, 11) is 0. The van der Waals surface area contributed by atoms with Gasteiger partial charge in [-0.15, -0.1) is 0 Å². The molecule has 0 radical (unpaired) electrons. The maximum absolute atomic E-state index is 12.3. The van der Waals surface area contributed by atoms with Crippen molar-refractivity contribution in [2.75, 3.05) is 13.2 Å². The summed E-state index contributed by atoms with van der Waals surface area (Å²) in [5, 5.41) is 19.9. The molecular weight excluding hydrogens is 412 g/mol. The number of aliphatic hydroxyl groups is 1. The van der Waals surface area contributed by atoms with Gasteiger partial charge >= 0.3 is 11.6 Å². The van der Waals surface area contributed by atoms with E-state index in [9.17, 15) is 14.7 Å². The molecule has 2 aromatic carbocycles. The van der Waals surface area contributed by atoms with Crippen LogP contribution in [0.5, 0.6) is 11.5 Å². The molecule has 0 saturated heterocycles. The molecule has 4 rings (SSSR count). The Kier molecular flexibility index (Phi) is 6.56. The van der Waals surface area contributed by atoms with Crippen molar-refractivity contribution in [1.29, 1.82) is 0 Å². The van der Waals surface area contributed by atoms with Crippen LogP contribution < -0.4 is 15.1 Å². The molecule has 2 N–H and O–H groups in total. The van der Waals surface area contributed by atoms with Crippen molar-refractivity contribution in [2.24, 2.45) is 0 Å². The van der Waals surface area contributed by atoms with Crippen LogP contribution in [0.25, 0.3) is 17.0 Å². The first-order valence-corrected chi connectivity index (χ1v) is 10.5. The van der Waals surface area contributed by atoms with Crippen molar-refractivity contribution in [1.82, 2.24) is 0 Å². The zero-order valence-electron chi connectivity index (χ0n) is 17.5. The van der Waals surface area contributed by atoms with E-state index in [2.05, 4.69) is 0 Å². The van der Waals surface area contributed by atoms with Gasteiger partial charge in [0.25, 0.3) is 0 Å². The quantitative estimate of drug-likeness (QED) is 0.411. The van der Waals surface area contributed by atoms with Crippen molar-refractivity contribution in [2.45, 2.75) is 31.8 Å². The van der Waals surface area contributed by atoms with E-state index in [4.69, 9.17) is 19.0 Å². The molecule has 166 valence electrons. The lowest BCUT2D eigenvalue weighted by Crippen LogP contribution is -2.25. The summed E-state index contributed by atoms with van der Waals surface area (Å²) < 4.78 is 17.0. The number of carbonyl (C=O) groups is 1. The highest BCUT2D eigenvalue weighted by Crippen LogP contribution is 2.33. The van der Waals surface area contributed by atoms with Crippen molar-refractivity contribution in [3.8, 4) is 11.5 Å². The molecule has 0 fully saturated rings. The molecule has 0 amide bonds. The van der Waals surface area contributed by atoms with Gasteiger partial charge in [0.2, 0.25) is 0 Å². The molecule has 1 atom stereocenters. The number of aryl methyl sites for hydroxylation is 1. The van der Waals surface area contributed by atoms with Gasteiger partial charge in [-0.2, -0.15) is 0 Å². The Balaban J connectivity index is 1.43. The van der Waals surface area contributed by atoms with E-state index < -0.39 is 12.1 Å². The fraction of sp³-hybridized carbons (Fsp3) is 0.280. The fourth-order valence-electron chi connectivity index (χ4n) is 3.88. The number of benzene rings is 2.